The van der Waals surface area contributed by atoms with E-state index in [9.17, 15) is 19.2 Å². The van der Waals surface area contributed by atoms with Crippen molar-refractivity contribution in [1.82, 2.24) is 4.90 Å². The minimum Gasteiger partial charge on any atom is -0.495 e. The molecule has 0 aromatic heterocycles. The lowest BCUT2D eigenvalue weighted by Crippen LogP contribution is -2.36. The predicted molar refractivity (Wildman–Crippen MR) is 115 cm³/mol. The van der Waals surface area contributed by atoms with Gasteiger partial charge in [-0.25, -0.2) is 0 Å². The Morgan fingerprint density at radius 2 is 1.84 bits per heavy atom. The number of amides is 4. The molecule has 2 aromatic rings. The van der Waals surface area contributed by atoms with Crippen molar-refractivity contribution in [3.63, 3.8) is 0 Å². The Hall–Kier alpha value is -3.79. The van der Waals surface area contributed by atoms with Crippen LogP contribution in [0.5, 0.6) is 11.5 Å². The first kappa shape index (κ1) is 21.9. The third-order valence-corrected chi connectivity index (χ3v) is 5.02. The maximum Gasteiger partial charge on any atom is 0.294 e. The van der Waals surface area contributed by atoms with Gasteiger partial charge in [0.2, 0.25) is 5.91 Å². The molecule has 0 spiro atoms. The van der Waals surface area contributed by atoms with Crippen LogP contribution in [0.15, 0.2) is 53.4 Å². The Morgan fingerprint density at radius 3 is 2.52 bits per heavy atom. The summed E-state index contributed by atoms with van der Waals surface area (Å²) in [6.07, 6.45) is 1.54. The Labute approximate surface area is 182 Å². The summed E-state index contributed by atoms with van der Waals surface area (Å²) in [5, 5.41) is 2.10. The minimum atomic E-state index is -0.590. The van der Waals surface area contributed by atoms with Gasteiger partial charge in [0.15, 0.2) is 6.61 Å². The van der Waals surface area contributed by atoms with E-state index in [-0.39, 0.29) is 11.5 Å². The van der Waals surface area contributed by atoms with E-state index < -0.39 is 29.5 Å². The van der Waals surface area contributed by atoms with E-state index in [0.717, 1.165) is 16.7 Å². The predicted octanol–water partition coefficient (Wildman–Crippen LogP) is 2.23. The summed E-state index contributed by atoms with van der Waals surface area (Å²) in [4.78, 5) is 49.1. The summed E-state index contributed by atoms with van der Waals surface area (Å²) in [5.41, 5.74) is 6.12. The quantitative estimate of drug-likeness (QED) is 0.601. The number of primary amides is 1. The lowest BCUT2D eigenvalue weighted by atomic mass is 10.2. The van der Waals surface area contributed by atoms with E-state index in [4.69, 9.17) is 15.2 Å². The number of rotatable bonds is 8. The van der Waals surface area contributed by atoms with Crippen LogP contribution >= 0.6 is 11.8 Å². The molecule has 10 heteroatoms. The van der Waals surface area contributed by atoms with E-state index in [1.54, 1.807) is 54.6 Å². The van der Waals surface area contributed by atoms with Gasteiger partial charge in [-0.2, -0.15) is 0 Å². The van der Waals surface area contributed by atoms with Crippen molar-refractivity contribution in [3.05, 3.63) is 59.0 Å². The normalized spacial score (nSPS) is 14.6. The van der Waals surface area contributed by atoms with Crippen molar-refractivity contribution in [2.45, 2.75) is 0 Å². The van der Waals surface area contributed by atoms with Crippen LogP contribution in [0.3, 0.4) is 0 Å². The van der Waals surface area contributed by atoms with Gasteiger partial charge in [-0.3, -0.25) is 24.1 Å². The zero-order valence-corrected chi connectivity index (χ0v) is 17.3. The topological polar surface area (TPSA) is 128 Å². The van der Waals surface area contributed by atoms with Crippen LogP contribution in [0.2, 0.25) is 0 Å². The van der Waals surface area contributed by atoms with Crippen molar-refractivity contribution < 1.29 is 28.7 Å². The van der Waals surface area contributed by atoms with Crippen molar-refractivity contribution in [1.29, 1.82) is 0 Å². The van der Waals surface area contributed by atoms with Gasteiger partial charge in [-0.1, -0.05) is 24.3 Å². The summed E-state index contributed by atoms with van der Waals surface area (Å²) < 4.78 is 10.3. The highest BCUT2D eigenvalue weighted by molar-refractivity contribution is 8.18. The van der Waals surface area contributed by atoms with Gasteiger partial charge in [0.25, 0.3) is 17.1 Å². The van der Waals surface area contributed by atoms with E-state index in [1.165, 1.54) is 7.11 Å². The molecule has 1 heterocycles. The second kappa shape index (κ2) is 9.81. The summed E-state index contributed by atoms with van der Waals surface area (Å²) in [7, 11) is 1.47. The van der Waals surface area contributed by atoms with Crippen LogP contribution < -0.4 is 20.5 Å². The molecule has 0 atom stereocenters. The number of carbonyl (C=O) groups excluding carboxylic acids is 4. The van der Waals surface area contributed by atoms with Crippen LogP contribution in [0.1, 0.15) is 5.56 Å². The van der Waals surface area contributed by atoms with Crippen LogP contribution in [0.25, 0.3) is 6.08 Å². The average Bonchev–Trinajstić information content (AvgIpc) is 3.01. The van der Waals surface area contributed by atoms with Gasteiger partial charge in [0, 0.05) is 0 Å². The lowest BCUT2D eigenvalue weighted by molar-refractivity contribution is -0.127. The molecule has 1 aliphatic rings. The minimum absolute atomic E-state index is 0.195. The number of hydrogen-bond acceptors (Lipinski definition) is 7. The number of benzene rings is 2. The molecule has 1 fully saturated rings. The molecule has 2 aromatic carbocycles. The lowest BCUT2D eigenvalue weighted by Gasteiger charge is -2.14. The van der Waals surface area contributed by atoms with Crippen LogP contribution in [0, 0.1) is 0 Å². The number of carbonyl (C=O) groups is 4. The van der Waals surface area contributed by atoms with E-state index >= 15 is 0 Å². The number of anilines is 1. The molecule has 1 aliphatic heterocycles. The van der Waals surface area contributed by atoms with Crippen molar-refractivity contribution in [3.8, 4) is 11.5 Å². The van der Waals surface area contributed by atoms with Crippen molar-refractivity contribution >= 4 is 46.5 Å². The van der Waals surface area contributed by atoms with Crippen molar-refractivity contribution in [2.24, 2.45) is 5.73 Å². The maximum atomic E-state index is 12.6. The third-order valence-electron chi connectivity index (χ3n) is 4.12. The molecule has 0 aliphatic carbocycles. The van der Waals surface area contributed by atoms with Crippen LogP contribution in [0.4, 0.5) is 10.5 Å². The van der Waals surface area contributed by atoms with Gasteiger partial charge in [-0.05, 0) is 47.7 Å². The molecule has 4 amide bonds. The number of nitrogens with one attached hydrogen (secondary N) is 1. The zero-order valence-electron chi connectivity index (χ0n) is 16.5. The van der Waals surface area contributed by atoms with E-state index in [1.807, 2.05) is 0 Å². The molecule has 0 saturated carbocycles. The molecule has 31 heavy (non-hydrogen) atoms. The number of hydrogen-bond donors (Lipinski definition) is 2. The van der Waals surface area contributed by atoms with Crippen molar-refractivity contribution in [2.75, 3.05) is 25.6 Å². The van der Waals surface area contributed by atoms with E-state index in [2.05, 4.69) is 5.32 Å². The van der Waals surface area contributed by atoms with Gasteiger partial charge < -0.3 is 20.5 Å². The second-order valence-electron chi connectivity index (χ2n) is 6.34. The fourth-order valence-corrected chi connectivity index (χ4v) is 3.52. The second-order valence-corrected chi connectivity index (χ2v) is 7.33. The standard InChI is InChI=1S/C21H19N3O6S/c1-29-16-5-3-2-4-15(16)23-19(26)11-24-20(27)17(31-21(24)28)10-13-6-8-14(9-7-13)30-12-18(22)25/h2-10H,11-12H2,1H3,(H2,22,25)(H,23,26)/b17-10-. The van der Waals surface area contributed by atoms with Gasteiger partial charge in [-0.15, -0.1) is 0 Å². The summed E-state index contributed by atoms with van der Waals surface area (Å²) in [5.74, 6) is -0.763. The van der Waals surface area contributed by atoms with Gasteiger partial charge in [0.05, 0.1) is 17.7 Å². The van der Waals surface area contributed by atoms with Gasteiger partial charge >= 0.3 is 0 Å². The fourth-order valence-electron chi connectivity index (χ4n) is 2.68. The number of nitrogens with zero attached hydrogens (tertiary/aromatic N) is 1. The zero-order chi connectivity index (χ0) is 22.4. The molecule has 1 saturated heterocycles. The monoisotopic (exact) mass is 441 g/mol. The first-order valence-electron chi connectivity index (χ1n) is 9.07. The number of nitrogens with two attached hydrogens (primary N) is 1. The molecule has 3 rings (SSSR count). The number of thioether (sulfide) groups is 1. The average molecular weight is 441 g/mol. The summed E-state index contributed by atoms with van der Waals surface area (Å²) >= 11 is 0.752. The molecule has 0 unspecified atom stereocenters. The molecule has 3 N–H and O–H groups in total. The Kier molecular flexibility index (Phi) is 6.93. The molecular weight excluding hydrogens is 422 g/mol. The summed E-state index contributed by atoms with van der Waals surface area (Å²) in [6.45, 7) is -0.658. The molecule has 0 bridgehead atoms. The summed E-state index contributed by atoms with van der Waals surface area (Å²) in [6, 6.07) is 13.4. The Morgan fingerprint density at radius 1 is 1.13 bits per heavy atom. The maximum absolute atomic E-state index is 12.6. The molecule has 0 radical (unpaired) electrons. The highest BCUT2D eigenvalue weighted by Crippen LogP contribution is 2.32. The van der Waals surface area contributed by atoms with Crippen LogP contribution in [-0.2, 0) is 14.4 Å². The highest BCUT2D eigenvalue weighted by atomic mass is 32.2. The first-order valence-corrected chi connectivity index (χ1v) is 9.88. The van der Waals surface area contributed by atoms with E-state index in [0.29, 0.717) is 22.7 Å². The third kappa shape index (κ3) is 5.64. The Bertz CT molecular complexity index is 1050. The number of imide groups is 1. The number of ether oxygens (including phenoxy) is 2. The Balaban J connectivity index is 1.65. The fraction of sp³-hybridized carbons (Fsp3) is 0.143. The van der Waals surface area contributed by atoms with Gasteiger partial charge in [0.1, 0.15) is 18.0 Å². The molecular formula is C21H19N3O6S. The SMILES string of the molecule is COc1ccccc1NC(=O)CN1C(=O)S/C(=C\c2ccc(OCC(N)=O)cc2)C1=O. The molecule has 160 valence electrons. The number of methoxy groups -OCH3 is 1. The highest BCUT2D eigenvalue weighted by Gasteiger charge is 2.36. The van der Waals surface area contributed by atoms with Crippen LogP contribution in [-0.4, -0.2) is 48.1 Å². The smallest absolute Gasteiger partial charge is 0.294 e. The first-order chi connectivity index (χ1) is 14.9. The largest absolute Gasteiger partial charge is 0.495 e. The number of para-hydroxylation sites is 2. The molecule has 9 nitrogen and oxygen atoms in total.